The van der Waals surface area contributed by atoms with Crippen molar-refractivity contribution in [2.24, 2.45) is 5.92 Å². The molecule has 1 unspecified atom stereocenters. The highest BCUT2D eigenvalue weighted by atomic mass is 28.3. The fourth-order valence-electron chi connectivity index (χ4n) is 2.49. The maximum atomic E-state index is 8.94. The second kappa shape index (κ2) is 4.81. The minimum absolute atomic E-state index is 0.356. The lowest BCUT2D eigenvalue weighted by Gasteiger charge is -2.32. The third-order valence-electron chi connectivity index (χ3n) is 3.48. The zero-order chi connectivity index (χ0) is 9.73. The molecule has 0 radical (unpaired) electrons. The van der Waals surface area contributed by atoms with Crippen LogP contribution in [0.3, 0.4) is 0 Å². The molecule has 0 aliphatic carbocycles. The Kier molecular flexibility index (Phi) is 3.99. The van der Waals surface area contributed by atoms with E-state index in [0.717, 1.165) is 6.42 Å². The van der Waals surface area contributed by atoms with Gasteiger partial charge in [-0.1, -0.05) is 44.8 Å². The van der Waals surface area contributed by atoms with Gasteiger partial charge in [0.25, 0.3) is 0 Å². The predicted molar refractivity (Wildman–Crippen MR) is 59.3 cm³/mol. The van der Waals surface area contributed by atoms with Crippen molar-refractivity contribution < 1.29 is 0 Å². The fourth-order valence-corrected chi connectivity index (χ4v) is 6.92. The van der Waals surface area contributed by atoms with Crippen molar-refractivity contribution in [1.82, 2.24) is 0 Å². The fraction of sp³-hybridized carbons (Fsp3) is 0.909. The van der Waals surface area contributed by atoms with Crippen LogP contribution < -0.4 is 0 Å². The van der Waals surface area contributed by atoms with Gasteiger partial charge in [-0.15, -0.1) is 0 Å². The highest BCUT2D eigenvalue weighted by Gasteiger charge is 2.31. The lowest BCUT2D eigenvalue weighted by molar-refractivity contribution is 0.657. The first-order chi connectivity index (χ1) is 6.20. The summed E-state index contributed by atoms with van der Waals surface area (Å²) in [5, 5.41) is 8.94. The van der Waals surface area contributed by atoms with Crippen LogP contribution in [0, 0.1) is 17.2 Å². The molecular weight excluding hydrogens is 174 g/mol. The van der Waals surface area contributed by atoms with E-state index in [1.54, 1.807) is 0 Å². The quantitative estimate of drug-likeness (QED) is 0.628. The number of rotatable bonds is 3. The third kappa shape index (κ3) is 3.15. The van der Waals surface area contributed by atoms with Gasteiger partial charge in [-0.3, -0.25) is 0 Å². The SMILES string of the molecule is CCC(C#N)C[Si]1(C)CCCCC1. The Morgan fingerprint density at radius 2 is 1.92 bits per heavy atom. The first-order valence-corrected chi connectivity index (χ1v) is 8.72. The zero-order valence-corrected chi connectivity index (χ0v) is 9.97. The van der Waals surface area contributed by atoms with Gasteiger partial charge in [-0.2, -0.15) is 5.26 Å². The summed E-state index contributed by atoms with van der Waals surface area (Å²) in [6.07, 6.45) is 5.36. The molecule has 0 aromatic rings. The van der Waals surface area contributed by atoms with Crippen molar-refractivity contribution in [1.29, 1.82) is 5.26 Å². The Bertz CT molecular complexity index is 189. The van der Waals surface area contributed by atoms with E-state index in [2.05, 4.69) is 19.5 Å². The second-order valence-electron chi connectivity index (χ2n) is 4.81. The first-order valence-electron chi connectivity index (χ1n) is 5.60. The molecule has 74 valence electrons. The summed E-state index contributed by atoms with van der Waals surface area (Å²) in [4.78, 5) is 0. The summed E-state index contributed by atoms with van der Waals surface area (Å²) in [5.74, 6) is 0.356. The Labute approximate surface area is 83.2 Å². The highest BCUT2D eigenvalue weighted by Crippen LogP contribution is 2.34. The van der Waals surface area contributed by atoms with Crippen LogP contribution in [0.2, 0.25) is 24.7 Å². The molecule has 0 aromatic heterocycles. The molecule has 1 saturated heterocycles. The van der Waals surface area contributed by atoms with Gasteiger partial charge >= 0.3 is 0 Å². The number of nitriles is 1. The molecule has 0 N–H and O–H groups in total. The van der Waals surface area contributed by atoms with Crippen LogP contribution in [-0.2, 0) is 0 Å². The van der Waals surface area contributed by atoms with Gasteiger partial charge in [0.05, 0.1) is 14.1 Å². The van der Waals surface area contributed by atoms with E-state index in [-0.39, 0.29) is 0 Å². The van der Waals surface area contributed by atoms with Gasteiger partial charge in [-0.25, -0.2) is 0 Å². The number of nitrogens with zero attached hydrogens (tertiary/aromatic N) is 1. The highest BCUT2D eigenvalue weighted by molar-refractivity contribution is 6.78. The summed E-state index contributed by atoms with van der Waals surface area (Å²) in [7, 11) is -0.964. The topological polar surface area (TPSA) is 23.8 Å². The van der Waals surface area contributed by atoms with Crippen molar-refractivity contribution in [3.63, 3.8) is 0 Å². The lowest BCUT2D eigenvalue weighted by Crippen LogP contribution is -2.34. The molecule has 2 heteroatoms. The normalized spacial score (nSPS) is 23.5. The molecule has 1 fully saturated rings. The molecule has 1 heterocycles. The van der Waals surface area contributed by atoms with Gasteiger partial charge in [0.2, 0.25) is 0 Å². The second-order valence-corrected chi connectivity index (χ2v) is 9.84. The van der Waals surface area contributed by atoms with Gasteiger partial charge in [0.1, 0.15) is 0 Å². The average Bonchev–Trinajstić information content (AvgIpc) is 2.15. The minimum Gasteiger partial charge on any atom is -0.198 e. The van der Waals surface area contributed by atoms with Crippen LogP contribution in [-0.4, -0.2) is 8.07 Å². The largest absolute Gasteiger partial charge is 0.198 e. The number of hydrogen-bond acceptors (Lipinski definition) is 1. The van der Waals surface area contributed by atoms with E-state index in [9.17, 15) is 0 Å². The summed E-state index contributed by atoms with van der Waals surface area (Å²) in [6, 6.07) is 6.68. The molecule has 0 saturated carbocycles. The summed E-state index contributed by atoms with van der Waals surface area (Å²) < 4.78 is 0. The van der Waals surface area contributed by atoms with E-state index in [0.29, 0.717) is 5.92 Å². The van der Waals surface area contributed by atoms with Crippen LogP contribution in [0.4, 0.5) is 0 Å². The molecule has 0 aromatic carbocycles. The zero-order valence-electron chi connectivity index (χ0n) is 8.97. The van der Waals surface area contributed by atoms with Crippen LogP contribution >= 0.6 is 0 Å². The Hall–Kier alpha value is -0.293. The van der Waals surface area contributed by atoms with Gasteiger partial charge in [0.15, 0.2) is 0 Å². The van der Waals surface area contributed by atoms with Crippen molar-refractivity contribution in [3.05, 3.63) is 0 Å². The molecule has 0 amide bonds. The molecule has 0 bridgehead atoms. The minimum atomic E-state index is -0.964. The van der Waals surface area contributed by atoms with Crippen LogP contribution in [0.1, 0.15) is 32.6 Å². The molecule has 1 atom stereocenters. The van der Waals surface area contributed by atoms with Gasteiger partial charge in [-0.05, 0) is 12.5 Å². The average molecular weight is 195 g/mol. The lowest BCUT2D eigenvalue weighted by atomic mass is 10.1. The Morgan fingerprint density at radius 3 is 2.38 bits per heavy atom. The predicted octanol–water partition coefficient (Wildman–Crippen LogP) is 3.80. The van der Waals surface area contributed by atoms with Crippen molar-refractivity contribution in [3.8, 4) is 6.07 Å². The Morgan fingerprint density at radius 1 is 1.31 bits per heavy atom. The Balaban J connectivity index is 2.45. The van der Waals surface area contributed by atoms with Crippen molar-refractivity contribution in [2.75, 3.05) is 0 Å². The molecule has 1 nitrogen and oxygen atoms in total. The maximum Gasteiger partial charge on any atom is 0.0652 e. The molecular formula is C11H21NSi. The van der Waals surface area contributed by atoms with Gasteiger partial charge in [0, 0.05) is 5.92 Å². The molecule has 13 heavy (non-hydrogen) atoms. The van der Waals surface area contributed by atoms with E-state index in [1.807, 2.05) is 0 Å². The smallest absolute Gasteiger partial charge is 0.0652 e. The van der Waals surface area contributed by atoms with Crippen LogP contribution in [0.5, 0.6) is 0 Å². The standard InChI is InChI=1S/C11H21NSi/c1-3-11(9-12)10-13(2)7-5-4-6-8-13/h11H,3-8,10H2,1-2H3. The van der Waals surface area contributed by atoms with Crippen molar-refractivity contribution >= 4 is 8.07 Å². The third-order valence-corrected chi connectivity index (χ3v) is 8.07. The number of hydrogen-bond donors (Lipinski definition) is 0. The molecule has 0 spiro atoms. The van der Waals surface area contributed by atoms with E-state index >= 15 is 0 Å². The summed E-state index contributed by atoms with van der Waals surface area (Å²) in [5.41, 5.74) is 0. The molecule has 1 aliphatic rings. The summed E-state index contributed by atoms with van der Waals surface area (Å²) in [6.45, 7) is 4.65. The van der Waals surface area contributed by atoms with Gasteiger partial charge < -0.3 is 0 Å². The molecule has 1 aliphatic heterocycles. The van der Waals surface area contributed by atoms with Crippen molar-refractivity contribution in [2.45, 2.75) is 57.3 Å². The summed E-state index contributed by atoms with van der Waals surface area (Å²) >= 11 is 0. The van der Waals surface area contributed by atoms with Crippen LogP contribution in [0.25, 0.3) is 0 Å². The first kappa shape index (κ1) is 10.8. The monoisotopic (exact) mass is 195 g/mol. The molecule has 1 rings (SSSR count). The van der Waals surface area contributed by atoms with E-state index in [4.69, 9.17) is 5.26 Å². The maximum absolute atomic E-state index is 8.94. The van der Waals surface area contributed by atoms with E-state index in [1.165, 1.54) is 37.4 Å². The van der Waals surface area contributed by atoms with Crippen LogP contribution in [0.15, 0.2) is 0 Å². The van der Waals surface area contributed by atoms with E-state index < -0.39 is 8.07 Å².